The first-order valence-corrected chi connectivity index (χ1v) is 7.82. The Hall–Kier alpha value is -0.550. The van der Waals surface area contributed by atoms with E-state index in [0.717, 1.165) is 38.5 Å². The topological polar surface area (TPSA) is 72.2 Å². The molecule has 3 rings (SSSR count). The number of nitrogens with two attached hydrogens (primary N) is 1. The predicted octanol–water partition coefficient (Wildman–Crippen LogP) is 0.415. The Labute approximate surface area is 97.1 Å². The highest BCUT2D eigenvalue weighted by Crippen LogP contribution is 2.51. The van der Waals surface area contributed by atoms with Gasteiger partial charge in [0.05, 0.1) is 5.41 Å². The third kappa shape index (κ3) is 2.11. The summed E-state index contributed by atoms with van der Waals surface area (Å²) in [5.74, 6) is 3.38. The maximum atomic E-state index is 12.1. The van der Waals surface area contributed by atoms with Gasteiger partial charge in [0.25, 0.3) is 0 Å². The highest BCUT2D eigenvalue weighted by Gasteiger charge is 2.50. The van der Waals surface area contributed by atoms with E-state index in [0.29, 0.717) is 0 Å². The summed E-state index contributed by atoms with van der Waals surface area (Å²) >= 11 is 0. The number of hydrogen-bond donors (Lipinski definition) is 2. The first kappa shape index (κ1) is 11.9. The molecule has 3 aliphatic carbocycles. The van der Waals surface area contributed by atoms with E-state index in [1.165, 1.54) is 6.26 Å². The third-order valence-electron chi connectivity index (χ3n) is 4.09. The molecule has 92 valence electrons. The van der Waals surface area contributed by atoms with Crippen molar-refractivity contribution in [3.05, 3.63) is 0 Å². The highest BCUT2D eigenvalue weighted by atomic mass is 32.2. The van der Waals surface area contributed by atoms with Crippen LogP contribution in [0.25, 0.3) is 0 Å². The van der Waals surface area contributed by atoms with Crippen molar-refractivity contribution >= 4 is 21.5 Å². The Morgan fingerprint density at radius 2 is 1.69 bits per heavy atom. The van der Waals surface area contributed by atoms with Crippen LogP contribution >= 0.6 is 0 Å². The van der Waals surface area contributed by atoms with Gasteiger partial charge in [-0.25, -0.2) is 4.21 Å². The lowest BCUT2D eigenvalue weighted by Crippen LogP contribution is -2.57. The molecule has 0 spiro atoms. The lowest BCUT2D eigenvalue weighted by molar-refractivity contribution is -0.135. The van der Waals surface area contributed by atoms with Gasteiger partial charge >= 0.3 is 0 Å². The van der Waals surface area contributed by atoms with Gasteiger partial charge in [-0.05, 0) is 44.4 Å². The van der Waals surface area contributed by atoms with Crippen LogP contribution in [0.5, 0.6) is 0 Å². The van der Waals surface area contributed by atoms with Gasteiger partial charge in [-0.1, -0.05) is 0 Å². The SMILES string of the molecule is C=S(C)(=O)NC(=O)C12CCC(N)(CC1)CC2. The number of nitrogens with one attached hydrogen (secondary N) is 1. The van der Waals surface area contributed by atoms with Gasteiger partial charge in [-0.2, -0.15) is 0 Å². The highest BCUT2D eigenvalue weighted by molar-refractivity contribution is 7.98. The smallest absolute Gasteiger partial charge is 0.237 e. The van der Waals surface area contributed by atoms with Gasteiger partial charge in [0, 0.05) is 21.5 Å². The van der Waals surface area contributed by atoms with E-state index in [-0.39, 0.29) is 16.9 Å². The van der Waals surface area contributed by atoms with Crippen LogP contribution in [0.15, 0.2) is 0 Å². The van der Waals surface area contributed by atoms with Crippen LogP contribution < -0.4 is 10.5 Å². The molecule has 0 heterocycles. The van der Waals surface area contributed by atoms with Crippen molar-refractivity contribution < 1.29 is 9.00 Å². The summed E-state index contributed by atoms with van der Waals surface area (Å²) in [6.45, 7) is 0. The monoisotopic (exact) mass is 244 g/mol. The Morgan fingerprint density at radius 1 is 1.25 bits per heavy atom. The fourth-order valence-corrected chi connectivity index (χ4v) is 3.47. The summed E-state index contributed by atoms with van der Waals surface area (Å²) in [6, 6.07) is 0. The van der Waals surface area contributed by atoms with E-state index < -0.39 is 9.71 Å². The minimum atomic E-state index is -2.45. The second-order valence-electron chi connectivity index (χ2n) is 5.58. The summed E-state index contributed by atoms with van der Waals surface area (Å²) in [5.41, 5.74) is 5.82. The van der Waals surface area contributed by atoms with E-state index in [4.69, 9.17) is 5.73 Å². The van der Waals surface area contributed by atoms with E-state index in [1.807, 2.05) is 0 Å². The van der Waals surface area contributed by atoms with Gasteiger partial charge in [0.15, 0.2) is 0 Å². The van der Waals surface area contributed by atoms with Crippen molar-refractivity contribution in [1.82, 2.24) is 4.72 Å². The Bertz CT molecular complexity index is 389. The fraction of sp³-hybridized carbons (Fsp3) is 0.818. The summed E-state index contributed by atoms with van der Waals surface area (Å²) in [6.07, 6.45) is 6.65. The summed E-state index contributed by atoms with van der Waals surface area (Å²) < 4.78 is 14.1. The first-order chi connectivity index (χ1) is 7.25. The third-order valence-corrected chi connectivity index (χ3v) is 4.71. The number of rotatable bonds is 2. The number of amides is 1. The number of carbonyl (C=O) groups is 1. The average molecular weight is 244 g/mol. The van der Waals surface area contributed by atoms with Crippen LogP contribution in [0, 0.1) is 5.41 Å². The van der Waals surface area contributed by atoms with E-state index >= 15 is 0 Å². The second kappa shape index (κ2) is 3.47. The molecule has 0 radical (unpaired) electrons. The zero-order valence-corrected chi connectivity index (χ0v) is 10.6. The summed E-state index contributed by atoms with van der Waals surface area (Å²) in [5, 5.41) is 0. The maximum absolute atomic E-state index is 12.1. The Morgan fingerprint density at radius 3 is 2.06 bits per heavy atom. The molecule has 3 fully saturated rings. The summed E-state index contributed by atoms with van der Waals surface area (Å²) in [4.78, 5) is 12.1. The van der Waals surface area contributed by atoms with Gasteiger partial charge < -0.3 is 5.73 Å². The molecule has 5 heteroatoms. The van der Waals surface area contributed by atoms with Gasteiger partial charge in [-0.3, -0.25) is 9.52 Å². The standard InChI is InChI=1S/C11H20N2O2S/c1-16(2,15)13-9(14)10-3-6-11(12,7-4-10)8-5-10/h1,3-8,12H2,2H3,(H,13,14,15). The normalized spacial score (nSPS) is 41.4. The van der Waals surface area contributed by atoms with Crippen molar-refractivity contribution in [3.8, 4) is 0 Å². The van der Waals surface area contributed by atoms with Crippen LogP contribution in [0.1, 0.15) is 38.5 Å². The molecule has 1 amide bonds. The molecule has 3 saturated carbocycles. The van der Waals surface area contributed by atoms with E-state index in [1.54, 1.807) is 0 Å². The van der Waals surface area contributed by atoms with Crippen LogP contribution in [0.4, 0.5) is 0 Å². The van der Waals surface area contributed by atoms with Crippen LogP contribution in [0.2, 0.25) is 0 Å². The number of fused-ring (bicyclic) bond motifs is 3. The number of carbonyl (C=O) groups excluding carboxylic acids is 1. The molecule has 0 saturated heterocycles. The molecule has 0 aromatic carbocycles. The van der Waals surface area contributed by atoms with E-state index in [2.05, 4.69) is 10.6 Å². The molecule has 3 N–H and O–H groups in total. The van der Waals surface area contributed by atoms with Crippen LogP contribution in [0.3, 0.4) is 0 Å². The lowest BCUT2D eigenvalue weighted by atomic mass is 9.57. The summed E-state index contributed by atoms with van der Waals surface area (Å²) in [7, 11) is -2.45. The van der Waals surface area contributed by atoms with Crippen molar-refractivity contribution in [2.75, 3.05) is 6.26 Å². The molecule has 4 nitrogen and oxygen atoms in total. The fourth-order valence-electron chi connectivity index (χ4n) is 2.86. The molecule has 16 heavy (non-hydrogen) atoms. The Balaban J connectivity index is 2.13. The zero-order valence-electron chi connectivity index (χ0n) is 9.75. The minimum Gasteiger partial charge on any atom is -0.325 e. The molecule has 2 bridgehead atoms. The van der Waals surface area contributed by atoms with Crippen molar-refractivity contribution in [1.29, 1.82) is 0 Å². The van der Waals surface area contributed by atoms with Crippen LogP contribution in [-0.4, -0.2) is 27.8 Å². The van der Waals surface area contributed by atoms with Gasteiger partial charge in [0.1, 0.15) is 0 Å². The van der Waals surface area contributed by atoms with Gasteiger partial charge in [0.2, 0.25) is 5.91 Å². The van der Waals surface area contributed by atoms with Crippen LogP contribution in [-0.2, 0) is 14.5 Å². The molecule has 1 atom stereocenters. The lowest BCUT2D eigenvalue weighted by Gasteiger charge is -2.50. The number of hydrogen-bond acceptors (Lipinski definition) is 3. The predicted molar refractivity (Wildman–Crippen MR) is 66.4 cm³/mol. The van der Waals surface area contributed by atoms with Crippen molar-refractivity contribution in [3.63, 3.8) is 0 Å². The van der Waals surface area contributed by atoms with Crippen molar-refractivity contribution in [2.45, 2.75) is 44.1 Å². The average Bonchev–Trinajstić information content (AvgIpc) is 2.16. The Kier molecular flexibility index (Phi) is 2.58. The first-order valence-electron chi connectivity index (χ1n) is 5.68. The molecule has 1 unspecified atom stereocenters. The molecular formula is C11H20N2O2S. The molecule has 0 aliphatic heterocycles. The zero-order chi connectivity index (χ0) is 12.0. The quantitative estimate of drug-likeness (QED) is 0.691. The molecule has 3 aliphatic rings. The molecular weight excluding hydrogens is 224 g/mol. The van der Waals surface area contributed by atoms with E-state index in [9.17, 15) is 9.00 Å². The molecule has 0 aromatic heterocycles. The molecule has 0 aromatic rings. The van der Waals surface area contributed by atoms with Crippen molar-refractivity contribution in [2.24, 2.45) is 11.1 Å². The maximum Gasteiger partial charge on any atom is 0.237 e. The van der Waals surface area contributed by atoms with Gasteiger partial charge in [-0.15, -0.1) is 0 Å². The largest absolute Gasteiger partial charge is 0.325 e. The second-order valence-corrected chi connectivity index (χ2v) is 7.79. The minimum absolute atomic E-state index is 0.0415.